The van der Waals surface area contributed by atoms with E-state index in [0.717, 1.165) is 24.8 Å². The van der Waals surface area contributed by atoms with Gasteiger partial charge < -0.3 is 24.6 Å². The van der Waals surface area contributed by atoms with Gasteiger partial charge in [-0.05, 0) is 67.0 Å². The van der Waals surface area contributed by atoms with Crippen LogP contribution in [-0.2, 0) is 30.7 Å². The highest BCUT2D eigenvalue weighted by molar-refractivity contribution is 7.89. The van der Waals surface area contributed by atoms with Crippen molar-refractivity contribution in [3.8, 4) is 5.75 Å². The van der Waals surface area contributed by atoms with E-state index >= 15 is 0 Å². The molecule has 2 aliphatic rings. The molecular weight excluding hydrogens is 508 g/mol. The van der Waals surface area contributed by atoms with Gasteiger partial charge in [0.1, 0.15) is 5.75 Å². The largest absolute Gasteiger partial charge is 0.497 e. The van der Waals surface area contributed by atoms with E-state index in [2.05, 4.69) is 5.32 Å². The topological polar surface area (TPSA) is 114 Å². The third kappa shape index (κ3) is 7.57. The summed E-state index contributed by atoms with van der Waals surface area (Å²) in [6.45, 7) is 0.187. The van der Waals surface area contributed by atoms with E-state index in [-0.39, 0.29) is 48.8 Å². The van der Waals surface area contributed by atoms with Crippen molar-refractivity contribution in [3.05, 3.63) is 72.0 Å². The predicted molar refractivity (Wildman–Crippen MR) is 142 cm³/mol. The SMILES string of the molecule is COc1ccc(S(=O)(=O)N(CCO)CCO[C@@H]2C[C@H](C3CC3)C=C(C(=O)NCCc3ccccc3)O2)cc1. The lowest BCUT2D eigenvalue weighted by Crippen LogP contribution is -2.38. The van der Waals surface area contributed by atoms with Crippen molar-refractivity contribution in [1.82, 2.24) is 9.62 Å². The fraction of sp³-hybridized carbons (Fsp3) is 0.464. The molecule has 1 saturated carbocycles. The van der Waals surface area contributed by atoms with Gasteiger partial charge in [-0.3, -0.25) is 4.79 Å². The number of methoxy groups -OCH3 is 1. The fourth-order valence-corrected chi connectivity index (χ4v) is 5.91. The van der Waals surface area contributed by atoms with Crippen LogP contribution in [0.2, 0.25) is 0 Å². The Hall–Kier alpha value is -2.92. The van der Waals surface area contributed by atoms with E-state index in [1.807, 2.05) is 36.4 Å². The van der Waals surface area contributed by atoms with Crippen LogP contribution >= 0.6 is 0 Å². The number of carbonyl (C=O) groups excluding carboxylic acids is 1. The van der Waals surface area contributed by atoms with Crippen molar-refractivity contribution in [3.63, 3.8) is 0 Å². The van der Waals surface area contributed by atoms with Gasteiger partial charge in [-0.25, -0.2) is 8.42 Å². The zero-order chi connectivity index (χ0) is 27.0. The average molecular weight is 545 g/mol. The maximum atomic E-state index is 13.1. The monoisotopic (exact) mass is 544 g/mol. The third-order valence-corrected chi connectivity index (χ3v) is 8.69. The van der Waals surface area contributed by atoms with E-state index < -0.39 is 16.3 Å². The van der Waals surface area contributed by atoms with Gasteiger partial charge in [0, 0.05) is 26.1 Å². The first-order valence-corrected chi connectivity index (χ1v) is 14.4. The van der Waals surface area contributed by atoms with Gasteiger partial charge in [0.2, 0.25) is 16.3 Å². The molecule has 1 aliphatic carbocycles. The molecule has 1 fully saturated rings. The van der Waals surface area contributed by atoms with E-state index in [1.165, 1.54) is 23.5 Å². The first-order valence-electron chi connectivity index (χ1n) is 13.0. The van der Waals surface area contributed by atoms with E-state index in [9.17, 15) is 18.3 Å². The second-order valence-corrected chi connectivity index (χ2v) is 11.4. The molecule has 0 spiro atoms. The molecule has 2 aromatic carbocycles. The Morgan fingerprint density at radius 2 is 1.84 bits per heavy atom. The van der Waals surface area contributed by atoms with Gasteiger partial charge in [0.15, 0.2) is 5.76 Å². The minimum atomic E-state index is -3.84. The second kappa shape index (κ2) is 13.2. The van der Waals surface area contributed by atoms with Crippen molar-refractivity contribution < 1.29 is 32.5 Å². The number of allylic oxidation sites excluding steroid dienone is 1. The van der Waals surface area contributed by atoms with Crippen molar-refractivity contribution in [2.45, 2.75) is 36.9 Å². The number of ether oxygens (including phenoxy) is 3. The standard InChI is InChI=1S/C28H36N2O7S/c1-35-24-9-11-25(12-10-24)38(33,34)30(15-17-31)16-18-36-27-20-23(22-7-8-22)19-26(37-27)28(32)29-14-13-21-5-3-2-4-6-21/h2-6,9-12,19,22-23,27,31H,7-8,13-18,20H2,1H3,(H,29,32)/t23-,27+/m1/s1. The van der Waals surface area contributed by atoms with Gasteiger partial charge >= 0.3 is 0 Å². The number of hydrogen-bond acceptors (Lipinski definition) is 7. The number of amides is 1. The minimum Gasteiger partial charge on any atom is -0.497 e. The highest BCUT2D eigenvalue weighted by atomic mass is 32.2. The molecule has 0 bridgehead atoms. The average Bonchev–Trinajstić information content (AvgIpc) is 3.79. The first kappa shape index (κ1) is 28.1. The molecule has 2 aromatic rings. The van der Waals surface area contributed by atoms with Crippen LogP contribution in [-0.4, -0.2) is 70.0 Å². The second-order valence-electron chi connectivity index (χ2n) is 9.48. The van der Waals surface area contributed by atoms with Crippen LogP contribution in [0.15, 0.2) is 71.3 Å². The molecule has 2 N–H and O–H groups in total. The lowest BCUT2D eigenvalue weighted by molar-refractivity contribution is -0.149. The Kier molecular flexibility index (Phi) is 9.79. The number of hydrogen-bond donors (Lipinski definition) is 2. The molecule has 9 nitrogen and oxygen atoms in total. The zero-order valence-corrected chi connectivity index (χ0v) is 22.4. The van der Waals surface area contributed by atoms with Crippen LogP contribution in [0.4, 0.5) is 0 Å². The predicted octanol–water partition coefficient (Wildman–Crippen LogP) is 2.71. The Bertz CT molecular complexity index is 1180. The van der Waals surface area contributed by atoms with Crippen molar-refractivity contribution in [2.75, 3.05) is 40.0 Å². The normalized spacial score (nSPS) is 19.5. The van der Waals surface area contributed by atoms with Crippen LogP contribution in [0.1, 0.15) is 24.8 Å². The number of aliphatic hydroxyl groups is 1. The number of sulfonamides is 1. The minimum absolute atomic E-state index is 0.0329. The summed E-state index contributed by atoms with van der Waals surface area (Å²) in [5, 5.41) is 12.4. The molecule has 206 valence electrons. The molecule has 4 rings (SSSR count). The number of aliphatic hydroxyl groups excluding tert-OH is 1. The Morgan fingerprint density at radius 3 is 2.50 bits per heavy atom. The van der Waals surface area contributed by atoms with Crippen molar-refractivity contribution in [1.29, 1.82) is 0 Å². The van der Waals surface area contributed by atoms with E-state index in [1.54, 1.807) is 12.1 Å². The summed E-state index contributed by atoms with van der Waals surface area (Å²) < 4.78 is 44.4. The van der Waals surface area contributed by atoms with Crippen LogP contribution in [0.3, 0.4) is 0 Å². The number of nitrogens with one attached hydrogen (secondary N) is 1. The first-order chi connectivity index (χ1) is 18.4. The molecular formula is C28H36N2O7S. The van der Waals surface area contributed by atoms with Crippen LogP contribution in [0.25, 0.3) is 0 Å². The van der Waals surface area contributed by atoms with Crippen molar-refractivity contribution >= 4 is 15.9 Å². The summed E-state index contributed by atoms with van der Waals surface area (Å²) >= 11 is 0. The molecule has 0 unspecified atom stereocenters. The zero-order valence-electron chi connectivity index (χ0n) is 21.6. The molecule has 0 saturated heterocycles. The van der Waals surface area contributed by atoms with Crippen LogP contribution < -0.4 is 10.1 Å². The number of carbonyl (C=O) groups is 1. The van der Waals surface area contributed by atoms with Gasteiger partial charge in [0.05, 0.1) is 25.2 Å². The Labute approximate surface area is 224 Å². The summed E-state index contributed by atoms with van der Waals surface area (Å²) in [5.74, 6) is 1.22. The summed E-state index contributed by atoms with van der Waals surface area (Å²) in [7, 11) is -2.33. The van der Waals surface area contributed by atoms with Crippen molar-refractivity contribution in [2.24, 2.45) is 11.8 Å². The molecule has 38 heavy (non-hydrogen) atoms. The molecule has 0 aromatic heterocycles. The summed E-state index contributed by atoms with van der Waals surface area (Å²) in [6.07, 6.45) is 4.80. The van der Waals surface area contributed by atoms with Crippen LogP contribution in [0, 0.1) is 11.8 Å². The molecule has 1 heterocycles. The summed E-state index contributed by atoms with van der Waals surface area (Å²) in [4.78, 5) is 12.9. The smallest absolute Gasteiger partial charge is 0.286 e. The number of rotatable bonds is 14. The van der Waals surface area contributed by atoms with E-state index in [4.69, 9.17) is 14.2 Å². The maximum Gasteiger partial charge on any atom is 0.286 e. The van der Waals surface area contributed by atoms with Gasteiger partial charge in [-0.2, -0.15) is 4.31 Å². The lowest BCUT2D eigenvalue weighted by atomic mass is 9.96. The summed E-state index contributed by atoms with van der Waals surface area (Å²) in [6, 6.07) is 16.0. The molecule has 2 atom stereocenters. The Morgan fingerprint density at radius 1 is 1.11 bits per heavy atom. The highest BCUT2D eigenvalue weighted by Gasteiger charge is 2.37. The molecule has 1 amide bonds. The van der Waals surface area contributed by atoms with Gasteiger partial charge in [0.25, 0.3) is 5.91 Å². The molecule has 10 heteroatoms. The fourth-order valence-electron chi connectivity index (χ4n) is 4.50. The highest BCUT2D eigenvalue weighted by Crippen LogP contribution is 2.42. The maximum absolute atomic E-state index is 13.1. The van der Waals surface area contributed by atoms with Gasteiger partial charge in [-0.15, -0.1) is 0 Å². The summed E-state index contributed by atoms with van der Waals surface area (Å²) in [5.41, 5.74) is 1.14. The number of nitrogens with zero attached hydrogens (tertiary/aromatic N) is 1. The van der Waals surface area contributed by atoms with Crippen LogP contribution in [0.5, 0.6) is 5.75 Å². The quantitative estimate of drug-likeness (QED) is 0.376. The third-order valence-electron chi connectivity index (χ3n) is 6.77. The molecule has 1 aliphatic heterocycles. The number of benzene rings is 2. The lowest BCUT2D eigenvalue weighted by Gasteiger charge is -2.30. The Balaban J connectivity index is 1.32. The van der Waals surface area contributed by atoms with Gasteiger partial charge in [-0.1, -0.05) is 30.3 Å². The molecule has 0 radical (unpaired) electrons. The van der Waals surface area contributed by atoms with E-state index in [0.29, 0.717) is 24.6 Å².